The highest BCUT2D eigenvalue weighted by molar-refractivity contribution is 4.74. The van der Waals surface area contributed by atoms with Crippen molar-refractivity contribution < 1.29 is 5.11 Å². The van der Waals surface area contributed by atoms with Crippen LogP contribution in [0.5, 0.6) is 0 Å². The van der Waals surface area contributed by atoms with Crippen LogP contribution in [0.3, 0.4) is 0 Å². The van der Waals surface area contributed by atoms with E-state index in [1.54, 1.807) is 0 Å². The Morgan fingerprint density at radius 1 is 1.67 bits per heavy atom. The summed E-state index contributed by atoms with van der Waals surface area (Å²) in [5.74, 6) is 0. The Balaban J connectivity index is 2.40. The molecule has 0 aromatic carbocycles. The SMILES string of the molecule is CC(O)N1CCCC1C. The lowest BCUT2D eigenvalue weighted by atomic mass is 10.2. The molecular weight excluding hydrogens is 114 g/mol. The van der Waals surface area contributed by atoms with E-state index in [2.05, 4.69) is 11.8 Å². The standard InChI is InChI=1S/C7H15NO/c1-6-4-3-5-8(6)7(2)9/h6-7,9H,3-5H2,1-2H3. The summed E-state index contributed by atoms with van der Waals surface area (Å²) in [6.45, 7) is 5.07. The molecule has 1 N–H and O–H groups in total. The van der Waals surface area contributed by atoms with Crippen LogP contribution in [0.1, 0.15) is 26.7 Å². The summed E-state index contributed by atoms with van der Waals surface area (Å²) in [6, 6.07) is 0.588. The lowest BCUT2D eigenvalue weighted by Crippen LogP contribution is -2.35. The van der Waals surface area contributed by atoms with Crippen LogP contribution in [0.15, 0.2) is 0 Å². The second-order valence-corrected chi connectivity index (χ2v) is 2.86. The maximum atomic E-state index is 9.15. The topological polar surface area (TPSA) is 23.5 Å². The Labute approximate surface area is 56.5 Å². The largest absolute Gasteiger partial charge is 0.379 e. The Bertz CT molecular complexity index is 92.9. The van der Waals surface area contributed by atoms with Crippen molar-refractivity contribution in [3.8, 4) is 0 Å². The summed E-state index contributed by atoms with van der Waals surface area (Å²) in [6.07, 6.45) is 2.24. The molecule has 0 aromatic heterocycles. The number of hydrogen-bond donors (Lipinski definition) is 1. The fourth-order valence-electron chi connectivity index (χ4n) is 1.51. The molecule has 1 aliphatic rings. The molecule has 0 aromatic rings. The predicted molar refractivity (Wildman–Crippen MR) is 37.1 cm³/mol. The second-order valence-electron chi connectivity index (χ2n) is 2.86. The van der Waals surface area contributed by atoms with E-state index in [0.29, 0.717) is 6.04 Å². The van der Waals surface area contributed by atoms with Crippen LogP contribution in [0.2, 0.25) is 0 Å². The van der Waals surface area contributed by atoms with Gasteiger partial charge in [0.1, 0.15) is 6.23 Å². The van der Waals surface area contributed by atoms with Crippen LogP contribution >= 0.6 is 0 Å². The van der Waals surface area contributed by atoms with Crippen LogP contribution in [-0.4, -0.2) is 28.8 Å². The van der Waals surface area contributed by atoms with Crippen molar-refractivity contribution in [2.45, 2.75) is 39.0 Å². The van der Waals surface area contributed by atoms with E-state index < -0.39 is 0 Å². The van der Waals surface area contributed by atoms with Gasteiger partial charge in [0.25, 0.3) is 0 Å². The minimum atomic E-state index is -0.248. The van der Waals surface area contributed by atoms with Gasteiger partial charge in [-0.05, 0) is 26.7 Å². The number of aliphatic hydroxyl groups excluding tert-OH is 1. The van der Waals surface area contributed by atoms with E-state index in [4.69, 9.17) is 5.11 Å². The molecular formula is C7H15NO. The predicted octanol–water partition coefficient (Wildman–Crippen LogP) is 0.809. The van der Waals surface area contributed by atoms with Gasteiger partial charge in [0.2, 0.25) is 0 Å². The van der Waals surface area contributed by atoms with E-state index in [-0.39, 0.29) is 6.23 Å². The number of aliphatic hydroxyl groups is 1. The monoisotopic (exact) mass is 129 g/mol. The normalized spacial score (nSPS) is 33.0. The molecule has 1 rings (SSSR count). The molecule has 9 heavy (non-hydrogen) atoms. The zero-order chi connectivity index (χ0) is 6.85. The molecule has 0 saturated carbocycles. The maximum Gasteiger partial charge on any atom is 0.104 e. The van der Waals surface area contributed by atoms with Crippen molar-refractivity contribution in [2.75, 3.05) is 6.54 Å². The minimum absolute atomic E-state index is 0.248. The summed E-state index contributed by atoms with van der Waals surface area (Å²) in [4.78, 5) is 2.12. The van der Waals surface area contributed by atoms with Crippen molar-refractivity contribution in [2.24, 2.45) is 0 Å². The van der Waals surface area contributed by atoms with Gasteiger partial charge < -0.3 is 5.11 Å². The molecule has 2 unspecified atom stereocenters. The van der Waals surface area contributed by atoms with Gasteiger partial charge in [0.05, 0.1) is 0 Å². The molecule has 0 bridgehead atoms. The van der Waals surface area contributed by atoms with E-state index >= 15 is 0 Å². The van der Waals surface area contributed by atoms with Gasteiger partial charge in [0, 0.05) is 12.6 Å². The highest BCUT2D eigenvalue weighted by Gasteiger charge is 2.22. The number of rotatable bonds is 1. The number of hydrogen-bond acceptors (Lipinski definition) is 2. The summed E-state index contributed by atoms with van der Waals surface area (Å²) in [5, 5.41) is 9.15. The Morgan fingerprint density at radius 3 is 2.56 bits per heavy atom. The van der Waals surface area contributed by atoms with Crippen LogP contribution in [0, 0.1) is 0 Å². The highest BCUT2D eigenvalue weighted by atomic mass is 16.3. The molecule has 0 spiro atoms. The molecule has 1 saturated heterocycles. The molecule has 2 atom stereocenters. The molecule has 54 valence electrons. The van der Waals surface area contributed by atoms with Gasteiger partial charge in [-0.2, -0.15) is 0 Å². The molecule has 1 heterocycles. The van der Waals surface area contributed by atoms with Crippen molar-refractivity contribution in [1.82, 2.24) is 4.90 Å². The smallest absolute Gasteiger partial charge is 0.104 e. The average molecular weight is 129 g/mol. The van der Waals surface area contributed by atoms with Crippen LogP contribution in [-0.2, 0) is 0 Å². The molecule has 0 radical (unpaired) electrons. The first-order valence-corrected chi connectivity index (χ1v) is 3.65. The zero-order valence-electron chi connectivity index (χ0n) is 6.17. The fourth-order valence-corrected chi connectivity index (χ4v) is 1.51. The van der Waals surface area contributed by atoms with Crippen LogP contribution < -0.4 is 0 Å². The third kappa shape index (κ3) is 1.43. The summed E-state index contributed by atoms with van der Waals surface area (Å²) in [7, 11) is 0. The maximum absolute atomic E-state index is 9.15. The molecule has 1 aliphatic heterocycles. The van der Waals surface area contributed by atoms with Crippen molar-refractivity contribution in [3.05, 3.63) is 0 Å². The van der Waals surface area contributed by atoms with Crippen molar-refractivity contribution in [3.63, 3.8) is 0 Å². The van der Waals surface area contributed by atoms with Gasteiger partial charge in [-0.1, -0.05) is 0 Å². The van der Waals surface area contributed by atoms with E-state index in [1.165, 1.54) is 12.8 Å². The first kappa shape index (κ1) is 7.03. The van der Waals surface area contributed by atoms with E-state index in [9.17, 15) is 0 Å². The quantitative estimate of drug-likeness (QED) is 0.566. The number of nitrogens with zero attached hydrogens (tertiary/aromatic N) is 1. The second kappa shape index (κ2) is 2.67. The Hall–Kier alpha value is -0.0800. The van der Waals surface area contributed by atoms with Gasteiger partial charge in [-0.15, -0.1) is 0 Å². The van der Waals surface area contributed by atoms with Gasteiger partial charge >= 0.3 is 0 Å². The van der Waals surface area contributed by atoms with Crippen LogP contribution in [0.4, 0.5) is 0 Å². The summed E-state index contributed by atoms with van der Waals surface area (Å²) < 4.78 is 0. The third-order valence-corrected chi connectivity index (χ3v) is 2.08. The van der Waals surface area contributed by atoms with Crippen molar-refractivity contribution >= 4 is 0 Å². The third-order valence-electron chi connectivity index (χ3n) is 2.08. The zero-order valence-corrected chi connectivity index (χ0v) is 6.17. The molecule has 0 aliphatic carbocycles. The van der Waals surface area contributed by atoms with E-state index in [0.717, 1.165) is 6.54 Å². The Morgan fingerprint density at radius 2 is 2.33 bits per heavy atom. The van der Waals surface area contributed by atoms with E-state index in [1.807, 2.05) is 6.92 Å². The van der Waals surface area contributed by atoms with Gasteiger partial charge in [-0.3, -0.25) is 4.90 Å². The van der Waals surface area contributed by atoms with Crippen LogP contribution in [0.25, 0.3) is 0 Å². The lowest BCUT2D eigenvalue weighted by Gasteiger charge is -2.23. The fraction of sp³-hybridized carbons (Fsp3) is 1.00. The first-order valence-electron chi connectivity index (χ1n) is 3.65. The number of likely N-dealkylation sites (tertiary alicyclic amines) is 1. The molecule has 2 heteroatoms. The van der Waals surface area contributed by atoms with Gasteiger partial charge in [0.15, 0.2) is 0 Å². The summed E-state index contributed by atoms with van der Waals surface area (Å²) >= 11 is 0. The van der Waals surface area contributed by atoms with Gasteiger partial charge in [-0.25, -0.2) is 0 Å². The first-order chi connectivity index (χ1) is 4.22. The lowest BCUT2D eigenvalue weighted by molar-refractivity contribution is 0.0144. The molecule has 2 nitrogen and oxygen atoms in total. The average Bonchev–Trinajstić information content (AvgIpc) is 2.13. The molecule has 0 amide bonds. The van der Waals surface area contributed by atoms with Crippen molar-refractivity contribution in [1.29, 1.82) is 0 Å². The Kier molecular flexibility index (Phi) is 2.09. The molecule has 1 fully saturated rings. The minimum Gasteiger partial charge on any atom is -0.379 e. The highest BCUT2D eigenvalue weighted by Crippen LogP contribution is 2.17. The summed E-state index contributed by atoms with van der Waals surface area (Å²) in [5.41, 5.74) is 0.